The Bertz CT molecular complexity index is 1030. The Kier molecular flexibility index (Phi) is 8.15. The number of amides is 1. The molecule has 0 heterocycles. The fourth-order valence-corrected chi connectivity index (χ4v) is 5.77. The van der Waals surface area contributed by atoms with E-state index in [1.807, 2.05) is 31.2 Å². The predicted octanol–water partition coefficient (Wildman–Crippen LogP) is 3.65. The minimum absolute atomic E-state index is 0.0900. The zero-order valence-corrected chi connectivity index (χ0v) is 19.8. The van der Waals surface area contributed by atoms with E-state index in [4.69, 9.17) is 9.47 Å². The van der Waals surface area contributed by atoms with Crippen molar-refractivity contribution in [3.05, 3.63) is 53.6 Å². The Morgan fingerprint density at radius 1 is 1.03 bits per heavy atom. The van der Waals surface area contributed by atoms with Gasteiger partial charge in [-0.3, -0.25) is 4.79 Å². The zero-order chi connectivity index (χ0) is 23.1. The third kappa shape index (κ3) is 5.81. The van der Waals surface area contributed by atoms with Gasteiger partial charge in [0.1, 0.15) is 0 Å². The minimum Gasteiger partial charge on any atom is -0.493 e. The molecule has 1 fully saturated rings. The average molecular weight is 461 g/mol. The first-order chi connectivity index (χ1) is 15.3. The van der Waals surface area contributed by atoms with Crippen molar-refractivity contribution in [1.29, 1.82) is 0 Å². The van der Waals surface area contributed by atoms with Gasteiger partial charge in [-0.25, -0.2) is 8.42 Å². The Balaban J connectivity index is 1.82. The summed E-state index contributed by atoms with van der Waals surface area (Å²) in [5, 5.41) is 2.87. The number of sulfonamides is 1. The standard InChI is InChI=1S/C24H32N2O5S/c1-18-8-7-9-19(14-18)16-25-24(27)17-26(20-10-5-4-6-11-20)32(28,29)21-12-13-22(30-2)23(15-21)31-3/h7-9,12-15,20H,4-6,10-11,16-17H2,1-3H3,(H,25,27). The lowest BCUT2D eigenvalue weighted by molar-refractivity contribution is -0.121. The quantitative estimate of drug-likeness (QED) is 0.617. The van der Waals surface area contributed by atoms with E-state index >= 15 is 0 Å². The number of rotatable bonds is 9. The van der Waals surface area contributed by atoms with Crippen LogP contribution >= 0.6 is 0 Å². The zero-order valence-electron chi connectivity index (χ0n) is 19.0. The van der Waals surface area contributed by atoms with Gasteiger partial charge in [-0.15, -0.1) is 0 Å². The second-order valence-electron chi connectivity index (χ2n) is 8.12. The van der Waals surface area contributed by atoms with Gasteiger partial charge >= 0.3 is 0 Å². The van der Waals surface area contributed by atoms with Crippen molar-refractivity contribution in [2.24, 2.45) is 0 Å². The van der Waals surface area contributed by atoms with E-state index < -0.39 is 10.0 Å². The van der Waals surface area contributed by atoms with Crippen LogP contribution in [0, 0.1) is 6.92 Å². The molecule has 174 valence electrons. The first kappa shape index (κ1) is 24.1. The molecule has 0 radical (unpaired) electrons. The van der Waals surface area contributed by atoms with Crippen LogP contribution in [0.3, 0.4) is 0 Å². The van der Waals surface area contributed by atoms with Gasteiger partial charge in [0.05, 0.1) is 25.7 Å². The van der Waals surface area contributed by atoms with E-state index in [2.05, 4.69) is 5.32 Å². The number of hydrogen-bond acceptors (Lipinski definition) is 5. The number of nitrogens with one attached hydrogen (secondary N) is 1. The number of nitrogens with zero attached hydrogens (tertiary/aromatic N) is 1. The molecule has 0 atom stereocenters. The molecule has 1 aliphatic rings. The second-order valence-corrected chi connectivity index (χ2v) is 10.0. The SMILES string of the molecule is COc1ccc(S(=O)(=O)N(CC(=O)NCc2cccc(C)c2)C2CCCCC2)cc1OC. The molecule has 1 N–H and O–H groups in total. The van der Waals surface area contributed by atoms with Gasteiger partial charge in [0, 0.05) is 18.7 Å². The summed E-state index contributed by atoms with van der Waals surface area (Å²) in [5.74, 6) is 0.466. The Morgan fingerprint density at radius 3 is 2.41 bits per heavy atom. The molecule has 2 aromatic rings. The van der Waals surface area contributed by atoms with Crippen molar-refractivity contribution in [2.75, 3.05) is 20.8 Å². The van der Waals surface area contributed by atoms with E-state index in [1.165, 1.54) is 30.7 Å². The number of ether oxygens (including phenoxy) is 2. The fraction of sp³-hybridized carbons (Fsp3) is 0.458. The van der Waals surface area contributed by atoms with Gasteiger partial charge in [-0.05, 0) is 37.5 Å². The van der Waals surface area contributed by atoms with Gasteiger partial charge in [0.2, 0.25) is 15.9 Å². The molecule has 1 amide bonds. The molecule has 7 nitrogen and oxygen atoms in total. The molecule has 2 aromatic carbocycles. The summed E-state index contributed by atoms with van der Waals surface area (Å²) >= 11 is 0. The summed E-state index contributed by atoms with van der Waals surface area (Å²) in [6.45, 7) is 2.13. The highest BCUT2D eigenvalue weighted by Crippen LogP contribution is 2.33. The Morgan fingerprint density at radius 2 is 1.75 bits per heavy atom. The minimum atomic E-state index is -3.91. The van der Waals surface area contributed by atoms with E-state index in [0.29, 0.717) is 18.0 Å². The Hall–Kier alpha value is -2.58. The van der Waals surface area contributed by atoms with Crippen LogP contribution in [0.25, 0.3) is 0 Å². The Labute approximate surface area is 190 Å². The number of methoxy groups -OCH3 is 2. The first-order valence-electron chi connectivity index (χ1n) is 10.9. The maximum absolute atomic E-state index is 13.6. The normalized spacial score (nSPS) is 14.9. The number of aryl methyl sites for hydroxylation is 1. The highest BCUT2D eigenvalue weighted by atomic mass is 32.2. The molecular weight excluding hydrogens is 428 g/mol. The average Bonchev–Trinajstić information content (AvgIpc) is 2.81. The highest BCUT2D eigenvalue weighted by molar-refractivity contribution is 7.89. The molecule has 0 unspecified atom stereocenters. The number of benzene rings is 2. The van der Waals surface area contributed by atoms with Crippen LogP contribution in [0.15, 0.2) is 47.4 Å². The molecule has 0 saturated heterocycles. The number of carbonyl (C=O) groups excluding carboxylic acids is 1. The largest absolute Gasteiger partial charge is 0.493 e. The summed E-state index contributed by atoms with van der Waals surface area (Å²) in [6, 6.07) is 12.2. The van der Waals surface area contributed by atoms with Crippen LogP contribution in [0.1, 0.15) is 43.2 Å². The lowest BCUT2D eigenvalue weighted by atomic mass is 9.95. The maximum atomic E-state index is 13.6. The van der Waals surface area contributed by atoms with Crippen LogP contribution in [0.4, 0.5) is 0 Å². The summed E-state index contributed by atoms with van der Waals surface area (Å²) in [4.78, 5) is 12.9. The van der Waals surface area contributed by atoms with E-state index in [1.54, 1.807) is 6.07 Å². The molecule has 32 heavy (non-hydrogen) atoms. The molecule has 0 aliphatic heterocycles. The highest BCUT2D eigenvalue weighted by Gasteiger charge is 2.34. The smallest absolute Gasteiger partial charge is 0.243 e. The molecule has 3 rings (SSSR count). The summed E-state index contributed by atoms with van der Waals surface area (Å²) in [7, 11) is -0.943. The maximum Gasteiger partial charge on any atom is 0.243 e. The molecule has 0 aromatic heterocycles. The van der Waals surface area contributed by atoms with Crippen molar-refractivity contribution in [1.82, 2.24) is 9.62 Å². The van der Waals surface area contributed by atoms with Gasteiger partial charge < -0.3 is 14.8 Å². The fourth-order valence-electron chi connectivity index (χ4n) is 4.11. The summed E-state index contributed by atoms with van der Waals surface area (Å²) in [6.07, 6.45) is 4.48. The van der Waals surface area contributed by atoms with Crippen LogP contribution in [0.2, 0.25) is 0 Å². The van der Waals surface area contributed by atoms with Crippen molar-refractivity contribution in [3.8, 4) is 11.5 Å². The van der Waals surface area contributed by atoms with E-state index in [0.717, 1.165) is 43.2 Å². The van der Waals surface area contributed by atoms with Crippen LogP contribution < -0.4 is 14.8 Å². The van der Waals surface area contributed by atoms with Crippen LogP contribution in [-0.2, 0) is 21.4 Å². The number of carbonyl (C=O) groups is 1. The summed E-state index contributed by atoms with van der Waals surface area (Å²) in [5.41, 5.74) is 2.09. The summed E-state index contributed by atoms with van der Waals surface area (Å²) < 4.78 is 39.1. The van der Waals surface area contributed by atoms with Crippen molar-refractivity contribution >= 4 is 15.9 Å². The van der Waals surface area contributed by atoms with Gasteiger partial charge in [-0.2, -0.15) is 4.31 Å². The van der Waals surface area contributed by atoms with E-state index in [-0.39, 0.29) is 23.4 Å². The van der Waals surface area contributed by atoms with Crippen LogP contribution in [0.5, 0.6) is 11.5 Å². The molecule has 0 bridgehead atoms. The van der Waals surface area contributed by atoms with Crippen LogP contribution in [-0.4, -0.2) is 45.4 Å². The third-order valence-electron chi connectivity index (χ3n) is 5.82. The molecular formula is C24H32N2O5S. The van der Waals surface area contributed by atoms with Crippen molar-refractivity contribution < 1.29 is 22.7 Å². The predicted molar refractivity (Wildman–Crippen MR) is 123 cm³/mol. The topological polar surface area (TPSA) is 84.9 Å². The van der Waals surface area contributed by atoms with Crippen molar-refractivity contribution in [2.45, 2.75) is 56.5 Å². The molecule has 1 aliphatic carbocycles. The number of hydrogen-bond donors (Lipinski definition) is 1. The second kappa shape index (κ2) is 10.8. The lowest BCUT2D eigenvalue weighted by Gasteiger charge is -2.33. The van der Waals surface area contributed by atoms with E-state index in [9.17, 15) is 13.2 Å². The first-order valence-corrected chi connectivity index (χ1v) is 12.3. The molecule has 8 heteroatoms. The van der Waals surface area contributed by atoms with Gasteiger partial charge in [0.15, 0.2) is 11.5 Å². The van der Waals surface area contributed by atoms with Gasteiger partial charge in [0.25, 0.3) is 0 Å². The van der Waals surface area contributed by atoms with Crippen molar-refractivity contribution in [3.63, 3.8) is 0 Å². The monoisotopic (exact) mass is 460 g/mol. The van der Waals surface area contributed by atoms with Gasteiger partial charge in [-0.1, -0.05) is 49.1 Å². The molecule has 1 saturated carbocycles. The third-order valence-corrected chi connectivity index (χ3v) is 7.71. The molecule has 0 spiro atoms. The lowest BCUT2D eigenvalue weighted by Crippen LogP contribution is -2.46.